The van der Waals surface area contributed by atoms with Crippen LogP contribution in [0.25, 0.3) is 0 Å². The fraction of sp³-hybridized carbons (Fsp3) is 0.600. The molecule has 0 bridgehead atoms. The van der Waals surface area contributed by atoms with Crippen LogP contribution in [0.5, 0.6) is 11.5 Å². The summed E-state index contributed by atoms with van der Waals surface area (Å²) in [6.45, 7) is 6.31. The molecule has 1 aliphatic rings. The van der Waals surface area contributed by atoms with Crippen molar-refractivity contribution < 1.29 is 19.3 Å². The van der Waals surface area contributed by atoms with E-state index in [1.807, 2.05) is 18.2 Å². The first kappa shape index (κ1) is 15.1. The SMILES string of the molecule is CCCNCC(C)(O)COCc1ccc2c(c1)OCO2. The molecule has 1 unspecified atom stereocenters. The van der Waals surface area contributed by atoms with Crippen LogP contribution >= 0.6 is 0 Å². The van der Waals surface area contributed by atoms with E-state index in [1.54, 1.807) is 6.92 Å². The van der Waals surface area contributed by atoms with E-state index in [0.29, 0.717) is 13.2 Å². The Labute approximate surface area is 119 Å². The maximum Gasteiger partial charge on any atom is 0.231 e. The van der Waals surface area contributed by atoms with Crippen LogP contribution in [0.4, 0.5) is 0 Å². The minimum Gasteiger partial charge on any atom is -0.454 e. The van der Waals surface area contributed by atoms with Crippen LogP contribution in [0.2, 0.25) is 0 Å². The molecule has 0 saturated heterocycles. The minimum atomic E-state index is -0.856. The van der Waals surface area contributed by atoms with Crippen molar-refractivity contribution in [2.75, 3.05) is 26.5 Å². The van der Waals surface area contributed by atoms with E-state index >= 15 is 0 Å². The number of hydrogen-bond donors (Lipinski definition) is 2. The molecule has 0 aliphatic carbocycles. The van der Waals surface area contributed by atoms with Crippen molar-refractivity contribution in [3.05, 3.63) is 23.8 Å². The van der Waals surface area contributed by atoms with Gasteiger partial charge in [0, 0.05) is 6.54 Å². The maximum absolute atomic E-state index is 10.1. The molecule has 20 heavy (non-hydrogen) atoms. The Balaban J connectivity index is 1.75. The molecule has 112 valence electrons. The zero-order valence-electron chi connectivity index (χ0n) is 12.1. The van der Waals surface area contributed by atoms with Gasteiger partial charge < -0.3 is 24.6 Å². The van der Waals surface area contributed by atoms with E-state index < -0.39 is 5.60 Å². The molecule has 1 heterocycles. The van der Waals surface area contributed by atoms with Gasteiger partial charge in [0.2, 0.25) is 6.79 Å². The lowest BCUT2D eigenvalue weighted by Crippen LogP contribution is -2.42. The Bertz CT molecular complexity index is 434. The normalized spacial score (nSPS) is 16.1. The average molecular weight is 281 g/mol. The van der Waals surface area contributed by atoms with E-state index in [-0.39, 0.29) is 13.4 Å². The molecule has 2 N–H and O–H groups in total. The number of fused-ring (bicyclic) bond motifs is 1. The standard InChI is InChI=1S/C15H23NO4/c1-3-6-16-9-15(2,17)10-18-8-12-4-5-13-14(7-12)20-11-19-13/h4-5,7,16-17H,3,6,8-11H2,1-2H3. The van der Waals surface area contributed by atoms with E-state index in [4.69, 9.17) is 14.2 Å². The molecule has 2 rings (SSSR count). The third kappa shape index (κ3) is 4.37. The van der Waals surface area contributed by atoms with Gasteiger partial charge in [-0.3, -0.25) is 0 Å². The molecule has 0 saturated carbocycles. The second-order valence-corrected chi connectivity index (χ2v) is 5.35. The van der Waals surface area contributed by atoms with Crippen LogP contribution in [0.15, 0.2) is 18.2 Å². The Kier molecular flexibility index (Phi) is 5.23. The van der Waals surface area contributed by atoms with Crippen molar-refractivity contribution in [1.29, 1.82) is 0 Å². The number of rotatable bonds is 8. The summed E-state index contributed by atoms with van der Waals surface area (Å²) in [6, 6.07) is 5.73. The highest BCUT2D eigenvalue weighted by Crippen LogP contribution is 2.32. The van der Waals surface area contributed by atoms with Gasteiger partial charge in [-0.05, 0) is 37.6 Å². The Morgan fingerprint density at radius 1 is 1.35 bits per heavy atom. The smallest absolute Gasteiger partial charge is 0.231 e. The Hall–Kier alpha value is -1.30. The molecule has 0 radical (unpaired) electrons. The quantitative estimate of drug-likeness (QED) is 0.710. The fourth-order valence-corrected chi connectivity index (χ4v) is 2.00. The van der Waals surface area contributed by atoms with Gasteiger partial charge in [-0.2, -0.15) is 0 Å². The average Bonchev–Trinajstić information content (AvgIpc) is 2.86. The van der Waals surface area contributed by atoms with Crippen LogP contribution in [-0.2, 0) is 11.3 Å². The van der Waals surface area contributed by atoms with Gasteiger partial charge in [-0.25, -0.2) is 0 Å². The summed E-state index contributed by atoms with van der Waals surface area (Å²) in [7, 11) is 0. The number of nitrogens with one attached hydrogen (secondary N) is 1. The van der Waals surface area contributed by atoms with Gasteiger partial charge in [0.1, 0.15) is 0 Å². The summed E-state index contributed by atoms with van der Waals surface area (Å²) in [6.07, 6.45) is 1.05. The largest absolute Gasteiger partial charge is 0.454 e. The zero-order chi connectivity index (χ0) is 14.4. The third-order valence-corrected chi connectivity index (χ3v) is 3.05. The van der Waals surface area contributed by atoms with Crippen LogP contribution in [0.1, 0.15) is 25.8 Å². The molecule has 0 aromatic heterocycles. The van der Waals surface area contributed by atoms with E-state index in [0.717, 1.165) is 30.0 Å². The van der Waals surface area contributed by atoms with Gasteiger partial charge in [0.05, 0.1) is 18.8 Å². The van der Waals surface area contributed by atoms with Gasteiger partial charge >= 0.3 is 0 Å². The lowest BCUT2D eigenvalue weighted by atomic mass is 10.1. The second kappa shape index (κ2) is 6.92. The molecular formula is C15H23NO4. The first-order valence-electron chi connectivity index (χ1n) is 7.00. The molecule has 1 atom stereocenters. The highest BCUT2D eigenvalue weighted by atomic mass is 16.7. The molecule has 5 heteroatoms. The maximum atomic E-state index is 10.1. The molecule has 1 aromatic rings. The lowest BCUT2D eigenvalue weighted by Gasteiger charge is -2.23. The van der Waals surface area contributed by atoms with Crippen molar-refractivity contribution in [2.45, 2.75) is 32.5 Å². The predicted molar refractivity (Wildman–Crippen MR) is 76.0 cm³/mol. The highest BCUT2D eigenvalue weighted by Gasteiger charge is 2.20. The van der Waals surface area contributed by atoms with Crippen LogP contribution < -0.4 is 14.8 Å². The summed E-state index contributed by atoms with van der Waals surface area (Å²) < 4.78 is 16.2. The molecule has 0 fully saturated rings. The van der Waals surface area contributed by atoms with Crippen molar-refractivity contribution in [3.63, 3.8) is 0 Å². The van der Waals surface area contributed by atoms with Gasteiger partial charge in [-0.1, -0.05) is 13.0 Å². The molecule has 1 aliphatic heterocycles. The number of aliphatic hydroxyl groups is 1. The van der Waals surface area contributed by atoms with E-state index in [2.05, 4.69) is 12.2 Å². The second-order valence-electron chi connectivity index (χ2n) is 5.35. The molecular weight excluding hydrogens is 258 g/mol. The van der Waals surface area contributed by atoms with Crippen LogP contribution in [-0.4, -0.2) is 37.2 Å². The summed E-state index contributed by atoms with van der Waals surface area (Å²) in [5.74, 6) is 1.52. The topological polar surface area (TPSA) is 60.0 Å². The molecule has 0 spiro atoms. The van der Waals surface area contributed by atoms with Crippen molar-refractivity contribution >= 4 is 0 Å². The van der Waals surface area contributed by atoms with Crippen molar-refractivity contribution in [3.8, 4) is 11.5 Å². The predicted octanol–water partition coefficient (Wildman–Crippen LogP) is 1.68. The summed E-state index contributed by atoms with van der Waals surface area (Å²) in [4.78, 5) is 0. The van der Waals surface area contributed by atoms with Gasteiger partial charge in [0.25, 0.3) is 0 Å². The number of hydrogen-bond acceptors (Lipinski definition) is 5. The summed E-state index contributed by atoms with van der Waals surface area (Å²) >= 11 is 0. The van der Waals surface area contributed by atoms with Crippen molar-refractivity contribution in [1.82, 2.24) is 5.32 Å². The highest BCUT2D eigenvalue weighted by molar-refractivity contribution is 5.44. The van der Waals surface area contributed by atoms with Crippen LogP contribution in [0.3, 0.4) is 0 Å². The van der Waals surface area contributed by atoms with E-state index in [1.165, 1.54) is 0 Å². The first-order chi connectivity index (χ1) is 9.61. The Morgan fingerprint density at radius 3 is 2.95 bits per heavy atom. The summed E-state index contributed by atoms with van der Waals surface area (Å²) in [5, 5.41) is 13.3. The zero-order valence-corrected chi connectivity index (χ0v) is 12.1. The molecule has 0 amide bonds. The lowest BCUT2D eigenvalue weighted by molar-refractivity contribution is -0.0379. The van der Waals surface area contributed by atoms with Gasteiger partial charge in [0.15, 0.2) is 11.5 Å². The molecule has 5 nitrogen and oxygen atoms in total. The summed E-state index contributed by atoms with van der Waals surface area (Å²) in [5.41, 5.74) is 0.150. The third-order valence-electron chi connectivity index (χ3n) is 3.05. The first-order valence-corrected chi connectivity index (χ1v) is 7.00. The van der Waals surface area contributed by atoms with Crippen LogP contribution in [0, 0.1) is 0 Å². The Morgan fingerprint density at radius 2 is 2.15 bits per heavy atom. The number of ether oxygens (including phenoxy) is 3. The number of benzene rings is 1. The van der Waals surface area contributed by atoms with Gasteiger partial charge in [-0.15, -0.1) is 0 Å². The van der Waals surface area contributed by atoms with E-state index in [9.17, 15) is 5.11 Å². The molecule has 1 aromatic carbocycles. The van der Waals surface area contributed by atoms with Crippen molar-refractivity contribution in [2.24, 2.45) is 0 Å². The fourth-order valence-electron chi connectivity index (χ4n) is 2.00. The monoisotopic (exact) mass is 281 g/mol. The minimum absolute atomic E-state index is 0.275.